The number of hydrogen-bond acceptors (Lipinski definition) is 5. The number of fused-ring (bicyclic) bond motifs is 1. The van der Waals surface area contributed by atoms with Gasteiger partial charge in [-0.1, -0.05) is 15.9 Å². The van der Waals surface area contributed by atoms with Crippen LogP contribution in [0.25, 0.3) is 11.0 Å². The minimum Gasteiger partial charge on any atom is -0.469 e. The number of nitrogens with zero attached hydrogens (tertiary/aromatic N) is 1. The van der Waals surface area contributed by atoms with Gasteiger partial charge in [-0.05, 0) is 55.8 Å². The van der Waals surface area contributed by atoms with Gasteiger partial charge in [0, 0.05) is 28.7 Å². The molecule has 0 aliphatic rings. The van der Waals surface area contributed by atoms with Crippen LogP contribution in [0, 0.1) is 6.92 Å². The fourth-order valence-electron chi connectivity index (χ4n) is 3.12. The van der Waals surface area contributed by atoms with Gasteiger partial charge in [-0.15, -0.1) is 0 Å². The average Bonchev–Trinajstić information content (AvgIpc) is 3.36. The first-order valence-electron chi connectivity index (χ1n) is 9.24. The van der Waals surface area contributed by atoms with Crippen molar-refractivity contribution in [2.24, 2.45) is 0 Å². The second kappa shape index (κ2) is 8.13. The van der Waals surface area contributed by atoms with Crippen LogP contribution in [0.4, 0.5) is 11.5 Å². The summed E-state index contributed by atoms with van der Waals surface area (Å²) in [6.07, 6.45) is 3.81. The second-order valence-corrected chi connectivity index (χ2v) is 7.79. The van der Waals surface area contributed by atoms with E-state index in [-0.39, 0.29) is 17.6 Å². The van der Waals surface area contributed by atoms with Gasteiger partial charge in [-0.3, -0.25) is 4.79 Å². The van der Waals surface area contributed by atoms with Crippen LogP contribution >= 0.6 is 15.9 Å². The summed E-state index contributed by atoms with van der Waals surface area (Å²) in [5.41, 5.74) is 2.86. The fraction of sp³-hybridized carbons (Fsp3) is 0.182. The van der Waals surface area contributed by atoms with Crippen molar-refractivity contribution in [2.45, 2.75) is 26.3 Å². The predicted molar refractivity (Wildman–Crippen MR) is 116 cm³/mol. The first kappa shape index (κ1) is 19.3. The van der Waals surface area contributed by atoms with E-state index < -0.39 is 0 Å². The number of amides is 1. The quantitative estimate of drug-likeness (QED) is 0.397. The Morgan fingerprint density at radius 2 is 2.03 bits per heavy atom. The summed E-state index contributed by atoms with van der Waals surface area (Å²) in [6, 6.07) is 13.0. The van der Waals surface area contributed by atoms with Crippen molar-refractivity contribution >= 4 is 44.3 Å². The molecule has 4 aromatic rings. The summed E-state index contributed by atoms with van der Waals surface area (Å²) < 4.78 is 11.9. The molecular weight excluding hydrogens is 434 g/mol. The zero-order chi connectivity index (χ0) is 20.4. The molecule has 2 N–H and O–H groups in total. The smallest absolute Gasteiger partial charge is 0.270 e. The average molecular weight is 454 g/mol. The van der Waals surface area contributed by atoms with Gasteiger partial charge in [-0.2, -0.15) is 0 Å². The lowest BCUT2D eigenvalue weighted by Gasteiger charge is -2.14. The highest BCUT2D eigenvalue weighted by Crippen LogP contribution is 2.28. The molecule has 0 saturated carbocycles. The number of hydrogen-bond donors (Lipinski definition) is 2. The summed E-state index contributed by atoms with van der Waals surface area (Å²) in [5.74, 6) is 1.12. The van der Waals surface area contributed by atoms with E-state index in [1.807, 2.05) is 50.2 Å². The summed E-state index contributed by atoms with van der Waals surface area (Å²) >= 11 is 3.50. The highest BCUT2D eigenvalue weighted by molar-refractivity contribution is 9.10. The molecule has 0 aliphatic heterocycles. The molecular formula is C22H20BrN3O3. The largest absolute Gasteiger partial charge is 0.469 e. The van der Waals surface area contributed by atoms with E-state index in [9.17, 15) is 4.79 Å². The molecule has 1 unspecified atom stereocenters. The van der Waals surface area contributed by atoms with Crippen molar-refractivity contribution in [3.63, 3.8) is 0 Å². The third-order valence-electron chi connectivity index (χ3n) is 4.57. The Morgan fingerprint density at radius 1 is 1.17 bits per heavy atom. The van der Waals surface area contributed by atoms with Crippen LogP contribution in [-0.2, 0) is 6.42 Å². The molecule has 3 heterocycles. The maximum Gasteiger partial charge on any atom is 0.270 e. The normalized spacial score (nSPS) is 12.1. The number of anilines is 2. The Labute approximate surface area is 176 Å². The Morgan fingerprint density at radius 3 is 2.79 bits per heavy atom. The Bertz CT molecular complexity index is 1150. The van der Waals surface area contributed by atoms with Crippen LogP contribution in [0.1, 0.15) is 28.7 Å². The van der Waals surface area contributed by atoms with E-state index in [0.717, 1.165) is 26.9 Å². The SMILES string of the molecule is Cc1cc(Nc2nc(C(=O)NC(C)Cc3ccco3)cc3occc23)ccc1Br. The molecule has 6 nitrogen and oxygen atoms in total. The number of rotatable bonds is 6. The van der Waals surface area contributed by atoms with Crippen LogP contribution in [0.5, 0.6) is 0 Å². The standard InChI is InChI=1S/C22H20BrN3O3/c1-13-10-15(5-6-18(13)23)25-21-17-7-9-29-20(17)12-19(26-21)22(27)24-14(2)11-16-4-3-8-28-16/h3-10,12,14H,11H2,1-2H3,(H,24,27)(H,25,26). The molecule has 0 saturated heterocycles. The van der Waals surface area contributed by atoms with Crippen LogP contribution < -0.4 is 10.6 Å². The third kappa shape index (κ3) is 4.35. The van der Waals surface area contributed by atoms with Gasteiger partial charge < -0.3 is 19.5 Å². The number of furan rings is 2. The maximum atomic E-state index is 12.8. The molecule has 1 aromatic carbocycles. The molecule has 0 radical (unpaired) electrons. The lowest BCUT2D eigenvalue weighted by Crippen LogP contribution is -2.34. The van der Waals surface area contributed by atoms with E-state index in [1.54, 1.807) is 18.6 Å². The van der Waals surface area contributed by atoms with Gasteiger partial charge in [0.2, 0.25) is 0 Å². The van der Waals surface area contributed by atoms with Gasteiger partial charge in [-0.25, -0.2) is 4.98 Å². The zero-order valence-corrected chi connectivity index (χ0v) is 17.6. The van der Waals surface area contributed by atoms with Gasteiger partial charge in [0.05, 0.1) is 17.9 Å². The number of halogens is 1. The third-order valence-corrected chi connectivity index (χ3v) is 5.46. The van der Waals surface area contributed by atoms with E-state index >= 15 is 0 Å². The number of carbonyl (C=O) groups is 1. The Hall–Kier alpha value is -3.06. The molecule has 1 atom stereocenters. The number of aryl methyl sites for hydroxylation is 1. The predicted octanol–water partition coefficient (Wildman–Crippen LogP) is 5.60. The van der Waals surface area contributed by atoms with Crippen LogP contribution in [0.15, 0.2) is 68.3 Å². The fourth-order valence-corrected chi connectivity index (χ4v) is 3.36. The van der Waals surface area contributed by atoms with Crippen molar-refractivity contribution in [2.75, 3.05) is 5.32 Å². The Balaban J connectivity index is 1.58. The Kier molecular flexibility index (Phi) is 5.40. The number of aromatic nitrogens is 1. The topological polar surface area (TPSA) is 80.3 Å². The minimum absolute atomic E-state index is 0.103. The monoisotopic (exact) mass is 453 g/mol. The van der Waals surface area contributed by atoms with E-state index in [2.05, 4.69) is 31.5 Å². The lowest BCUT2D eigenvalue weighted by molar-refractivity contribution is 0.0934. The van der Waals surface area contributed by atoms with Crippen LogP contribution in [0.3, 0.4) is 0 Å². The van der Waals surface area contributed by atoms with Crippen molar-refractivity contribution in [3.05, 3.63) is 76.5 Å². The first-order chi connectivity index (χ1) is 14.0. The van der Waals surface area contributed by atoms with Gasteiger partial charge >= 0.3 is 0 Å². The first-order valence-corrected chi connectivity index (χ1v) is 10.0. The van der Waals surface area contributed by atoms with Gasteiger partial charge in [0.25, 0.3) is 5.91 Å². The zero-order valence-electron chi connectivity index (χ0n) is 16.0. The number of carbonyl (C=O) groups excluding carboxylic acids is 1. The van der Waals surface area contributed by atoms with Crippen molar-refractivity contribution in [3.8, 4) is 0 Å². The van der Waals surface area contributed by atoms with E-state index in [4.69, 9.17) is 8.83 Å². The highest BCUT2D eigenvalue weighted by Gasteiger charge is 2.17. The molecule has 29 heavy (non-hydrogen) atoms. The van der Waals surface area contributed by atoms with Gasteiger partial charge in [0.15, 0.2) is 0 Å². The van der Waals surface area contributed by atoms with Crippen molar-refractivity contribution in [1.82, 2.24) is 10.3 Å². The molecule has 0 fully saturated rings. The lowest BCUT2D eigenvalue weighted by atomic mass is 10.2. The van der Waals surface area contributed by atoms with Crippen LogP contribution in [0.2, 0.25) is 0 Å². The summed E-state index contributed by atoms with van der Waals surface area (Å²) in [6.45, 7) is 3.94. The summed E-state index contributed by atoms with van der Waals surface area (Å²) in [4.78, 5) is 17.3. The van der Waals surface area contributed by atoms with E-state index in [0.29, 0.717) is 17.8 Å². The van der Waals surface area contributed by atoms with Crippen molar-refractivity contribution < 1.29 is 13.6 Å². The molecule has 148 valence electrons. The van der Waals surface area contributed by atoms with Crippen LogP contribution in [-0.4, -0.2) is 16.9 Å². The molecule has 7 heteroatoms. The number of benzene rings is 1. The molecule has 3 aromatic heterocycles. The van der Waals surface area contributed by atoms with E-state index in [1.165, 1.54) is 0 Å². The summed E-state index contributed by atoms with van der Waals surface area (Å²) in [7, 11) is 0. The number of pyridine rings is 1. The summed E-state index contributed by atoms with van der Waals surface area (Å²) in [5, 5.41) is 7.07. The highest BCUT2D eigenvalue weighted by atomic mass is 79.9. The molecule has 1 amide bonds. The van der Waals surface area contributed by atoms with Gasteiger partial charge in [0.1, 0.15) is 22.9 Å². The molecule has 0 bridgehead atoms. The maximum absolute atomic E-state index is 12.8. The molecule has 0 spiro atoms. The minimum atomic E-state index is -0.266. The van der Waals surface area contributed by atoms with Crippen molar-refractivity contribution in [1.29, 1.82) is 0 Å². The second-order valence-electron chi connectivity index (χ2n) is 6.94. The molecule has 4 rings (SSSR count). The number of nitrogens with one attached hydrogen (secondary N) is 2. The molecule has 0 aliphatic carbocycles.